The number of thiophene rings is 1. The van der Waals surface area contributed by atoms with Crippen molar-refractivity contribution in [1.29, 1.82) is 0 Å². The van der Waals surface area contributed by atoms with Gasteiger partial charge in [0.25, 0.3) is 5.91 Å². The van der Waals surface area contributed by atoms with Gasteiger partial charge in [0.05, 0.1) is 17.0 Å². The van der Waals surface area contributed by atoms with Gasteiger partial charge < -0.3 is 10.6 Å². The first-order valence-corrected chi connectivity index (χ1v) is 8.24. The van der Waals surface area contributed by atoms with Crippen LogP contribution in [-0.2, 0) is 0 Å². The maximum absolute atomic E-state index is 12.6. The van der Waals surface area contributed by atoms with Crippen LogP contribution in [-0.4, -0.2) is 35.9 Å². The summed E-state index contributed by atoms with van der Waals surface area (Å²) in [6.45, 7) is 7.15. The molecule has 0 saturated heterocycles. The fourth-order valence-electron chi connectivity index (χ4n) is 2.34. The molecule has 4 nitrogen and oxygen atoms in total. The van der Waals surface area contributed by atoms with E-state index in [1.54, 1.807) is 16.2 Å². The highest BCUT2D eigenvalue weighted by molar-refractivity contribution is 7.08. The van der Waals surface area contributed by atoms with Crippen molar-refractivity contribution in [3.05, 3.63) is 40.2 Å². The van der Waals surface area contributed by atoms with Gasteiger partial charge in [-0.15, -0.1) is 0 Å². The molecule has 0 saturated carbocycles. The maximum atomic E-state index is 12.6. The van der Waals surface area contributed by atoms with Gasteiger partial charge in [0.2, 0.25) is 0 Å². The van der Waals surface area contributed by atoms with Crippen molar-refractivity contribution in [3.63, 3.8) is 0 Å². The number of hydrogen-bond acceptors (Lipinski definition) is 4. The summed E-state index contributed by atoms with van der Waals surface area (Å²) in [4.78, 5) is 18.9. The number of nitrogens with zero attached hydrogens (tertiary/aromatic N) is 2. The van der Waals surface area contributed by atoms with Crippen molar-refractivity contribution in [3.8, 4) is 11.3 Å². The smallest absolute Gasteiger partial charge is 0.255 e. The largest absolute Gasteiger partial charge is 0.341 e. The lowest BCUT2D eigenvalue weighted by atomic mass is 9.93. The van der Waals surface area contributed by atoms with Gasteiger partial charge in [0.1, 0.15) is 0 Å². The van der Waals surface area contributed by atoms with Crippen molar-refractivity contribution in [2.75, 3.05) is 20.1 Å². The Kier molecular flexibility index (Phi) is 4.98. The van der Waals surface area contributed by atoms with E-state index < -0.39 is 0 Å². The molecule has 118 valence electrons. The van der Waals surface area contributed by atoms with Crippen molar-refractivity contribution in [2.45, 2.75) is 20.8 Å². The molecule has 2 N–H and O–H groups in total. The molecule has 2 heterocycles. The first-order chi connectivity index (χ1) is 10.3. The number of hydrogen-bond donors (Lipinski definition) is 1. The molecule has 0 aliphatic heterocycles. The summed E-state index contributed by atoms with van der Waals surface area (Å²) in [5, 5.41) is 4.08. The van der Waals surface area contributed by atoms with Crippen molar-refractivity contribution >= 4 is 17.2 Å². The van der Waals surface area contributed by atoms with Crippen LogP contribution in [0.5, 0.6) is 0 Å². The maximum Gasteiger partial charge on any atom is 0.255 e. The number of rotatable bonds is 5. The molecular weight excluding hydrogens is 294 g/mol. The second-order valence-corrected chi connectivity index (χ2v) is 7.15. The molecule has 0 unspecified atom stereocenters. The van der Waals surface area contributed by atoms with Crippen LogP contribution in [0.3, 0.4) is 0 Å². The number of aromatic nitrogens is 1. The zero-order chi connectivity index (χ0) is 16.3. The number of nitrogens with two attached hydrogens (primary N) is 1. The van der Waals surface area contributed by atoms with E-state index in [9.17, 15) is 4.79 Å². The quantitative estimate of drug-likeness (QED) is 0.921. The normalized spacial score (nSPS) is 11.5. The molecule has 1 amide bonds. The predicted molar refractivity (Wildman–Crippen MR) is 92.1 cm³/mol. The van der Waals surface area contributed by atoms with Crippen molar-refractivity contribution < 1.29 is 4.79 Å². The standard InChI is InChI=1S/C17H23N3OS/c1-12-14(16(21)20(4)11-17(2,3)10-18)5-6-15(19-12)13-7-8-22-9-13/h5-9H,10-11,18H2,1-4H3. The second kappa shape index (κ2) is 6.58. The van der Waals surface area contributed by atoms with Crippen molar-refractivity contribution in [1.82, 2.24) is 9.88 Å². The van der Waals surface area contributed by atoms with Gasteiger partial charge >= 0.3 is 0 Å². The molecular formula is C17H23N3OS. The zero-order valence-electron chi connectivity index (χ0n) is 13.6. The summed E-state index contributed by atoms with van der Waals surface area (Å²) >= 11 is 1.64. The van der Waals surface area contributed by atoms with Gasteiger partial charge in [-0.1, -0.05) is 13.8 Å². The molecule has 0 aromatic carbocycles. The van der Waals surface area contributed by atoms with E-state index >= 15 is 0 Å². The van der Waals surface area contributed by atoms with Crippen LogP contribution < -0.4 is 5.73 Å². The topological polar surface area (TPSA) is 59.2 Å². The second-order valence-electron chi connectivity index (χ2n) is 6.37. The van der Waals surface area contributed by atoms with Crippen LogP contribution in [0, 0.1) is 12.3 Å². The summed E-state index contributed by atoms with van der Waals surface area (Å²) in [7, 11) is 1.81. The molecule has 0 aliphatic rings. The highest BCUT2D eigenvalue weighted by Gasteiger charge is 2.23. The third-order valence-electron chi connectivity index (χ3n) is 3.70. The molecule has 5 heteroatoms. The molecule has 2 aromatic heterocycles. The number of aryl methyl sites for hydroxylation is 1. The zero-order valence-corrected chi connectivity index (χ0v) is 14.4. The lowest BCUT2D eigenvalue weighted by Crippen LogP contribution is -2.40. The van der Waals surface area contributed by atoms with Crippen molar-refractivity contribution in [2.24, 2.45) is 11.1 Å². The average molecular weight is 317 g/mol. The molecule has 0 radical (unpaired) electrons. The van der Waals surface area contributed by atoms with E-state index in [0.717, 1.165) is 17.0 Å². The average Bonchev–Trinajstić information content (AvgIpc) is 3.00. The van der Waals surface area contributed by atoms with Gasteiger partial charge in [-0.3, -0.25) is 9.78 Å². The molecule has 0 spiro atoms. The van der Waals surface area contributed by atoms with Gasteiger partial charge in [-0.25, -0.2) is 0 Å². The first kappa shape index (κ1) is 16.6. The van der Waals surface area contributed by atoms with Crippen LogP contribution in [0.4, 0.5) is 0 Å². The van der Waals surface area contributed by atoms with Crippen LogP contribution in [0.15, 0.2) is 29.0 Å². The minimum Gasteiger partial charge on any atom is -0.341 e. The SMILES string of the molecule is Cc1nc(-c2ccsc2)ccc1C(=O)N(C)CC(C)(C)CN. The van der Waals surface area contributed by atoms with E-state index in [1.807, 2.05) is 37.6 Å². The number of carbonyl (C=O) groups excluding carboxylic acids is 1. The predicted octanol–water partition coefficient (Wildman–Crippen LogP) is 3.18. The summed E-state index contributed by atoms with van der Waals surface area (Å²) < 4.78 is 0. The Morgan fingerprint density at radius 3 is 2.64 bits per heavy atom. The van der Waals surface area contributed by atoms with Gasteiger partial charge in [0.15, 0.2) is 0 Å². The highest BCUT2D eigenvalue weighted by Crippen LogP contribution is 2.22. The lowest BCUT2D eigenvalue weighted by molar-refractivity contribution is 0.0739. The Bertz CT molecular complexity index is 650. The third kappa shape index (κ3) is 3.72. The van der Waals surface area contributed by atoms with Gasteiger partial charge in [-0.05, 0) is 42.5 Å². The van der Waals surface area contributed by atoms with Gasteiger partial charge in [-0.2, -0.15) is 11.3 Å². The number of carbonyl (C=O) groups is 1. The Hall–Kier alpha value is -1.72. The summed E-state index contributed by atoms with van der Waals surface area (Å²) in [6.07, 6.45) is 0. The van der Waals surface area contributed by atoms with Crippen LogP contribution in [0.1, 0.15) is 29.9 Å². The first-order valence-electron chi connectivity index (χ1n) is 7.30. The molecule has 2 rings (SSSR count). The number of pyridine rings is 1. The molecule has 0 aliphatic carbocycles. The molecule has 0 atom stereocenters. The molecule has 22 heavy (non-hydrogen) atoms. The van der Waals surface area contributed by atoms with Gasteiger partial charge in [0, 0.05) is 24.5 Å². The van der Waals surface area contributed by atoms with E-state index in [4.69, 9.17) is 5.73 Å². The minimum atomic E-state index is -0.0949. The van der Waals surface area contributed by atoms with E-state index in [2.05, 4.69) is 24.2 Å². The number of amides is 1. The Morgan fingerprint density at radius 2 is 2.09 bits per heavy atom. The fourth-order valence-corrected chi connectivity index (χ4v) is 2.99. The highest BCUT2D eigenvalue weighted by atomic mass is 32.1. The third-order valence-corrected chi connectivity index (χ3v) is 4.38. The Labute approximate surface area is 136 Å². The molecule has 0 bridgehead atoms. The monoisotopic (exact) mass is 317 g/mol. The summed E-state index contributed by atoms with van der Waals surface area (Å²) in [6, 6.07) is 5.80. The fraction of sp³-hybridized carbons (Fsp3) is 0.412. The van der Waals surface area contributed by atoms with Crippen LogP contribution >= 0.6 is 11.3 Å². The van der Waals surface area contributed by atoms with E-state index in [0.29, 0.717) is 18.7 Å². The minimum absolute atomic E-state index is 0.0107. The van der Waals surface area contributed by atoms with E-state index in [1.165, 1.54) is 0 Å². The Balaban J connectivity index is 2.20. The summed E-state index contributed by atoms with van der Waals surface area (Å²) in [5.74, 6) is -0.0107. The summed E-state index contributed by atoms with van der Waals surface area (Å²) in [5.41, 5.74) is 9.05. The lowest BCUT2D eigenvalue weighted by Gasteiger charge is -2.29. The van der Waals surface area contributed by atoms with Crippen LogP contribution in [0.25, 0.3) is 11.3 Å². The van der Waals surface area contributed by atoms with Crippen LogP contribution in [0.2, 0.25) is 0 Å². The van der Waals surface area contributed by atoms with E-state index in [-0.39, 0.29) is 11.3 Å². The Morgan fingerprint density at radius 1 is 1.36 bits per heavy atom. The molecule has 0 fully saturated rings. The molecule has 2 aromatic rings.